The van der Waals surface area contributed by atoms with Gasteiger partial charge in [-0.15, -0.1) is 0 Å². The molecule has 1 atom stereocenters. The number of hydrogen-bond acceptors (Lipinski definition) is 5. The van der Waals surface area contributed by atoms with Crippen LogP contribution in [0.15, 0.2) is 28.9 Å². The Hall–Kier alpha value is -2.45. The van der Waals surface area contributed by atoms with Crippen molar-refractivity contribution in [2.45, 2.75) is 31.8 Å². The monoisotopic (exact) mass is 394 g/mol. The fourth-order valence-electron chi connectivity index (χ4n) is 3.19. The zero-order valence-corrected chi connectivity index (χ0v) is 15.3. The summed E-state index contributed by atoms with van der Waals surface area (Å²) in [6.07, 6.45) is 4.05. The van der Waals surface area contributed by atoms with Crippen molar-refractivity contribution in [3.8, 4) is 0 Å². The SMILES string of the molecule is NC(=O)c1coc(CNC(=O)C(c2c(F)cccc2Cl)N2CCCCC2)n1. The van der Waals surface area contributed by atoms with Crippen LogP contribution >= 0.6 is 11.6 Å². The van der Waals surface area contributed by atoms with Gasteiger partial charge in [0.2, 0.25) is 11.8 Å². The van der Waals surface area contributed by atoms with E-state index in [0.29, 0.717) is 13.1 Å². The van der Waals surface area contributed by atoms with Gasteiger partial charge in [0.05, 0.1) is 6.54 Å². The van der Waals surface area contributed by atoms with E-state index < -0.39 is 23.7 Å². The number of rotatable bonds is 6. The molecule has 2 aromatic rings. The Morgan fingerprint density at radius 1 is 1.33 bits per heavy atom. The lowest BCUT2D eigenvalue weighted by atomic mass is 10.00. The first-order valence-electron chi connectivity index (χ1n) is 8.67. The molecule has 0 saturated carbocycles. The second-order valence-electron chi connectivity index (χ2n) is 6.34. The maximum absolute atomic E-state index is 14.5. The summed E-state index contributed by atoms with van der Waals surface area (Å²) in [6.45, 7) is 1.30. The normalized spacial score (nSPS) is 16.1. The number of nitrogens with one attached hydrogen (secondary N) is 1. The summed E-state index contributed by atoms with van der Waals surface area (Å²) in [5.41, 5.74) is 5.26. The van der Waals surface area contributed by atoms with Crippen LogP contribution in [-0.4, -0.2) is 34.8 Å². The van der Waals surface area contributed by atoms with Crippen molar-refractivity contribution in [2.24, 2.45) is 5.73 Å². The molecule has 1 saturated heterocycles. The average molecular weight is 395 g/mol. The number of piperidine rings is 1. The summed E-state index contributed by atoms with van der Waals surface area (Å²) >= 11 is 6.21. The molecule has 3 N–H and O–H groups in total. The lowest BCUT2D eigenvalue weighted by Gasteiger charge is -2.34. The summed E-state index contributed by atoms with van der Waals surface area (Å²) in [4.78, 5) is 29.8. The molecule has 9 heteroatoms. The highest BCUT2D eigenvalue weighted by atomic mass is 35.5. The first kappa shape index (κ1) is 19.3. The molecule has 1 aliphatic heterocycles. The van der Waals surface area contributed by atoms with E-state index in [0.717, 1.165) is 25.5 Å². The first-order valence-corrected chi connectivity index (χ1v) is 9.05. The summed E-state index contributed by atoms with van der Waals surface area (Å²) in [6, 6.07) is 3.50. The molecular weight excluding hydrogens is 375 g/mol. The molecule has 1 aliphatic rings. The third-order valence-electron chi connectivity index (χ3n) is 4.50. The third kappa shape index (κ3) is 4.45. The molecule has 0 radical (unpaired) electrons. The molecule has 144 valence electrons. The van der Waals surface area contributed by atoms with Crippen molar-refractivity contribution in [3.05, 3.63) is 52.5 Å². The molecule has 2 heterocycles. The standard InChI is InChI=1S/C18H20ClFN4O3/c19-11-5-4-6-12(20)15(11)16(24-7-2-1-3-8-24)18(26)22-9-14-23-13(10-27-14)17(21)25/h4-6,10,16H,1-3,7-9H2,(H2,21,25)(H,22,26). The highest BCUT2D eigenvalue weighted by Gasteiger charge is 2.32. The molecule has 1 aromatic heterocycles. The number of likely N-dealkylation sites (tertiary alicyclic amines) is 1. The summed E-state index contributed by atoms with van der Waals surface area (Å²) in [5.74, 6) is -1.53. The van der Waals surface area contributed by atoms with Gasteiger partial charge in [0, 0.05) is 10.6 Å². The van der Waals surface area contributed by atoms with Crippen molar-refractivity contribution >= 4 is 23.4 Å². The maximum atomic E-state index is 14.5. The number of aromatic nitrogens is 1. The van der Waals surface area contributed by atoms with E-state index in [4.69, 9.17) is 21.8 Å². The van der Waals surface area contributed by atoms with E-state index >= 15 is 0 Å². The van der Waals surface area contributed by atoms with Gasteiger partial charge in [-0.3, -0.25) is 14.5 Å². The minimum atomic E-state index is -0.857. The number of benzene rings is 1. The number of halogens is 2. The molecule has 0 spiro atoms. The summed E-state index contributed by atoms with van der Waals surface area (Å²) < 4.78 is 19.6. The molecule has 1 fully saturated rings. The fraction of sp³-hybridized carbons (Fsp3) is 0.389. The van der Waals surface area contributed by atoms with E-state index in [1.54, 1.807) is 6.07 Å². The quantitative estimate of drug-likeness (QED) is 0.783. The summed E-state index contributed by atoms with van der Waals surface area (Å²) in [5, 5.41) is 2.89. The zero-order valence-electron chi connectivity index (χ0n) is 14.6. The lowest BCUT2D eigenvalue weighted by molar-refractivity contribution is -0.127. The lowest BCUT2D eigenvalue weighted by Crippen LogP contribution is -2.43. The maximum Gasteiger partial charge on any atom is 0.270 e. The number of oxazole rings is 1. The number of hydrogen-bond donors (Lipinski definition) is 2. The van der Waals surface area contributed by atoms with Crippen LogP contribution in [0.4, 0.5) is 4.39 Å². The topological polar surface area (TPSA) is 101 Å². The van der Waals surface area contributed by atoms with Crippen LogP contribution in [0.2, 0.25) is 5.02 Å². The number of primary amides is 1. The smallest absolute Gasteiger partial charge is 0.270 e. The van der Waals surface area contributed by atoms with Crippen LogP contribution < -0.4 is 11.1 Å². The molecule has 27 heavy (non-hydrogen) atoms. The third-order valence-corrected chi connectivity index (χ3v) is 4.82. The number of amides is 2. The van der Waals surface area contributed by atoms with Crippen LogP contribution in [-0.2, 0) is 11.3 Å². The predicted molar refractivity (Wildman–Crippen MR) is 96.4 cm³/mol. The number of nitrogens with zero attached hydrogens (tertiary/aromatic N) is 2. The van der Waals surface area contributed by atoms with Gasteiger partial charge in [-0.2, -0.15) is 0 Å². The molecule has 2 amide bonds. The van der Waals surface area contributed by atoms with Gasteiger partial charge in [0.25, 0.3) is 5.91 Å². The molecule has 3 rings (SSSR count). The predicted octanol–water partition coefficient (Wildman–Crippen LogP) is 2.41. The number of carbonyl (C=O) groups is 2. The van der Waals surface area contributed by atoms with E-state index in [2.05, 4.69) is 10.3 Å². The highest BCUT2D eigenvalue weighted by Crippen LogP contribution is 2.32. The molecule has 1 aromatic carbocycles. The van der Waals surface area contributed by atoms with E-state index in [1.165, 1.54) is 12.1 Å². The Morgan fingerprint density at radius 2 is 2.07 bits per heavy atom. The van der Waals surface area contributed by atoms with Gasteiger partial charge in [-0.05, 0) is 38.1 Å². The average Bonchev–Trinajstić information content (AvgIpc) is 3.13. The molecule has 0 aliphatic carbocycles. The van der Waals surface area contributed by atoms with E-state index in [1.807, 2.05) is 4.90 Å². The van der Waals surface area contributed by atoms with Gasteiger partial charge in [-0.1, -0.05) is 24.1 Å². The zero-order chi connectivity index (χ0) is 19.4. The van der Waals surface area contributed by atoms with Crippen molar-refractivity contribution in [1.82, 2.24) is 15.2 Å². The van der Waals surface area contributed by atoms with Crippen LogP contribution in [0.1, 0.15) is 47.2 Å². The van der Waals surface area contributed by atoms with Crippen LogP contribution in [0.25, 0.3) is 0 Å². The van der Waals surface area contributed by atoms with Crippen LogP contribution in [0.5, 0.6) is 0 Å². The molecular formula is C18H20ClFN4O3. The Labute approximate surface area is 160 Å². The number of carbonyl (C=O) groups excluding carboxylic acids is 2. The fourth-order valence-corrected chi connectivity index (χ4v) is 3.46. The van der Waals surface area contributed by atoms with E-state index in [9.17, 15) is 14.0 Å². The van der Waals surface area contributed by atoms with Crippen molar-refractivity contribution in [3.63, 3.8) is 0 Å². The van der Waals surface area contributed by atoms with Crippen molar-refractivity contribution < 1.29 is 18.4 Å². The van der Waals surface area contributed by atoms with Crippen LogP contribution in [0, 0.1) is 5.82 Å². The first-order chi connectivity index (χ1) is 13.0. The van der Waals surface area contributed by atoms with Crippen molar-refractivity contribution in [1.29, 1.82) is 0 Å². The second-order valence-corrected chi connectivity index (χ2v) is 6.75. The minimum Gasteiger partial charge on any atom is -0.446 e. The largest absolute Gasteiger partial charge is 0.446 e. The Balaban J connectivity index is 1.81. The van der Waals surface area contributed by atoms with Gasteiger partial charge >= 0.3 is 0 Å². The second kappa shape index (κ2) is 8.49. The van der Waals surface area contributed by atoms with Gasteiger partial charge in [0.1, 0.15) is 18.1 Å². The molecule has 0 bridgehead atoms. The summed E-state index contributed by atoms with van der Waals surface area (Å²) in [7, 11) is 0. The molecule has 1 unspecified atom stereocenters. The van der Waals surface area contributed by atoms with Gasteiger partial charge in [0.15, 0.2) is 5.69 Å². The van der Waals surface area contributed by atoms with Gasteiger partial charge in [-0.25, -0.2) is 9.37 Å². The van der Waals surface area contributed by atoms with Crippen LogP contribution in [0.3, 0.4) is 0 Å². The Morgan fingerprint density at radius 3 is 2.70 bits per heavy atom. The Kier molecular flexibility index (Phi) is 6.08. The van der Waals surface area contributed by atoms with Gasteiger partial charge < -0.3 is 15.5 Å². The number of nitrogens with two attached hydrogens (primary N) is 1. The van der Waals surface area contributed by atoms with Crippen molar-refractivity contribution in [2.75, 3.05) is 13.1 Å². The molecule has 7 nitrogen and oxygen atoms in total. The minimum absolute atomic E-state index is 0.0241. The van der Waals surface area contributed by atoms with E-state index in [-0.39, 0.29) is 28.7 Å². The highest BCUT2D eigenvalue weighted by molar-refractivity contribution is 6.31. The Bertz CT molecular complexity index is 816.